The zero-order valence-electron chi connectivity index (χ0n) is 8.34. The molecule has 2 nitrogen and oxygen atoms in total. The fourth-order valence-corrected chi connectivity index (χ4v) is 1.77. The predicted molar refractivity (Wildman–Crippen MR) is 53.0 cm³/mol. The lowest BCUT2D eigenvalue weighted by Gasteiger charge is -2.26. The van der Waals surface area contributed by atoms with E-state index in [4.69, 9.17) is 5.73 Å². The smallest absolute Gasteiger partial charge is 0.00645 e. The van der Waals surface area contributed by atoms with Crippen molar-refractivity contribution in [1.82, 2.24) is 5.32 Å². The van der Waals surface area contributed by atoms with Crippen LogP contribution < -0.4 is 11.1 Å². The van der Waals surface area contributed by atoms with Gasteiger partial charge in [0, 0.05) is 6.04 Å². The molecule has 1 aliphatic heterocycles. The van der Waals surface area contributed by atoms with Crippen LogP contribution in [0.2, 0.25) is 0 Å². The molecule has 1 rings (SSSR count). The van der Waals surface area contributed by atoms with Gasteiger partial charge in [-0.1, -0.05) is 13.8 Å². The predicted octanol–water partition coefficient (Wildman–Crippen LogP) is 1.36. The molecule has 3 N–H and O–H groups in total. The average Bonchev–Trinajstić information content (AvgIpc) is 2.06. The summed E-state index contributed by atoms with van der Waals surface area (Å²) >= 11 is 0. The van der Waals surface area contributed by atoms with Crippen molar-refractivity contribution in [3.8, 4) is 0 Å². The lowest BCUT2D eigenvalue weighted by molar-refractivity contribution is 0.304. The zero-order chi connectivity index (χ0) is 8.97. The first-order valence-corrected chi connectivity index (χ1v) is 5.16. The Kier molecular flexibility index (Phi) is 4.02. The van der Waals surface area contributed by atoms with Crippen molar-refractivity contribution in [1.29, 1.82) is 0 Å². The van der Waals surface area contributed by atoms with E-state index in [0.29, 0.717) is 12.0 Å². The van der Waals surface area contributed by atoms with E-state index in [9.17, 15) is 0 Å². The van der Waals surface area contributed by atoms with Gasteiger partial charge in [-0.2, -0.15) is 0 Å². The molecule has 0 amide bonds. The molecule has 1 heterocycles. The van der Waals surface area contributed by atoms with E-state index in [0.717, 1.165) is 5.92 Å². The molecule has 0 bridgehead atoms. The summed E-state index contributed by atoms with van der Waals surface area (Å²) in [6, 6.07) is 0.410. The van der Waals surface area contributed by atoms with Crippen LogP contribution in [0.15, 0.2) is 0 Å². The third kappa shape index (κ3) is 3.11. The van der Waals surface area contributed by atoms with Crippen molar-refractivity contribution >= 4 is 0 Å². The minimum absolute atomic E-state index is 0.410. The molecule has 0 aromatic heterocycles. The summed E-state index contributed by atoms with van der Waals surface area (Å²) in [4.78, 5) is 0. The summed E-state index contributed by atoms with van der Waals surface area (Å²) in [6.45, 7) is 6.81. The van der Waals surface area contributed by atoms with Gasteiger partial charge in [0.25, 0.3) is 0 Å². The highest BCUT2D eigenvalue weighted by Crippen LogP contribution is 2.19. The molecule has 0 radical (unpaired) electrons. The minimum atomic E-state index is 0.410. The van der Waals surface area contributed by atoms with E-state index in [-0.39, 0.29) is 0 Å². The molecule has 1 aliphatic rings. The molecule has 12 heavy (non-hydrogen) atoms. The molecule has 0 aromatic carbocycles. The van der Waals surface area contributed by atoms with Crippen LogP contribution in [0.5, 0.6) is 0 Å². The lowest BCUT2D eigenvalue weighted by Crippen LogP contribution is -2.34. The van der Waals surface area contributed by atoms with Crippen molar-refractivity contribution in [3.63, 3.8) is 0 Å². The average molecular weight is 170 g/mol. The monoisotopic (exact) mass is 170 g/mol. The molecule has 1 unspecified atom stereocenters. The molecular weight excluding hydrogens is 148 g/mol. The summed E-state index contributed by atoms with van der Waals surface area (Å²) in [5.41, 5.74) is 6.03. The third-order valence-corrected chi connectivity index (χ3v) is 2.92. The fourth-order valence-electron chi connectivity index (χ4n) is 1.77. The van der Waals surface area contributed by atoms with Crippen LogP contribution >= 0.6 is 0 Å². The summed E-state index contributed by atoms with van der Waals surface area (Å²) < 4.78 is 0. The van der Waals surface area contributed by atoms with E-state index in [1.165, 1.54) is 32.4 Å². The quantitative estimate of drug-likeness (QED) is 0.671. The number of nitrogens with two attached hydrogens (primary N) is 1. The van der Waals surface area contributed by atoms with Gasteiger partial charge in [0.1, 0.15) is 0 Å². The summed E-state index contributed by atoms with van der Waals surface area (Å²) in [6.07, 6.45) is 3.86. The molecule has 0 aromatic rings. The van der Waals surface area contributed by atoms with Crippen LogP contribution in [0.25, 0.3) is 0 Å². The Balaban J connectivity index is 2.20. The Bertz CT molecular complexity index is 117. The first kappa shape index (κ1) is 10.0. The van der Waals surface area contributed by atoms with Crippen LogP contribution in [0.1, 0.15) is 33.1 Å². The number of hydrogen-bond acceptors (Lipinski definition) is 2. The number of rotatable bonds is 3. The van der Waals surface area contributed by atoms with Crippen LogP contribution in [-0.4, -0.2) is 19.1 Å². The van der Waals surface area contributed by atoms with Gasteiger partial charge in [-0.25, -0.2) is 0 Å². The SMILES string of the molecule is CC(C)C(N)CC1CCNCC1. The first-order valence-electron chi connectivity index (χ1n) is 5.16. The van der Waals surface area contributed by atoms with E-state index in [2.05, 4.69) is 19.2 Å². The Labute approximate surface area is 75.9 Å². The summed E-state index contributed by atoms with van der Waals surface area (Å²) in [5, 5.41) is 3.38. The van der Waals surface area contributed by atoms with Gasteiger partial charge in [0.2, 0.25) is 0 Å². The van der Waals surface area contributed by atoms with E-state index >= 15 is 0 Å². The highest BCUT2D eigenvalue weighted by atomic mass is 14.9. The Morgan fingerprint density at radius 3 is 2.42 bits per heavy atom. The van der Waals surface area contributed by atoms with E-state index < -0.39 is 0 Å². The Morgan fingerprint density at radius 2 is 1.92 bits per heavy atom. The second-order valence-electron chi connectivity index (χ2n) is 4.34. The maximum atomic E-state index is 6.03. The van der Waals surface area contributed by atoms with Gasteiger partial charge in [0.15, 0.2) is 0 Å². The summed E-state index contributed by atoms with van der Waals surface area (Å²) in [7, 11) is 0. The second-order valence-corrected chi connectivity index (χ2v) is 4.34. The molecule has 1 atom stereocenters. The van der Waals surface area contributed by atoms with Crippen molar-refractivity contribution in [3.05, 3.63) is 0 Å². The molecule has 1 fully saturated rings. The molecule has 72 valence electrons. The first-order chi connectivity index (χ1) is 5.70. The second kappa shape index (κ2) is 4.83. The van der Waals surface area contributed by atoms with Gasteiger partial charge in [-0.05, 0) is 44.2 Å². The summed E-state index contributed by atoms with van der Waals surface area (Å²) in [5.74, 6) is 1.52. The maximum Gasteiger partial charge on any atom is 0.00645 e. The molecule has 1 saturated heterocycles. The number of hydrogen-bond donors (Lipinski definition) is 2. The highest BCUT2D eigenvalue weighted by molar-refractivity contribution is 4.75. The van der Waals surface area contributed by atoms with Crippen LogP contribution in [0.4, 0.5) is 0 Å². The van der Waals surface area contributed by atoms with Crippen molar-refractivity contribution < 1.29 is 0 Å². The minimum Gasteiger partial charge on any atom is -0.327 e. The van der Waals surface area contributed by atoms with Crippen molar-refractivity contribution in [2.24, 2.45) is 17.6 Å². The fraction of sp³-hybridized carbons (Fsp3) is 1.00. The molecular formula is C10H22N2. The van der Waals surface area contributed by atoms with Crippen LogP contribution in [0, 0.1) is 11.8 Å². The number of nitrogens with one attached hydrogen (secondary N) is 1. The standard InChI is InChI=1S/C10H22N2/c1-8(2)10(11)7-9-3-5-12-6-4-9/h8-10,12H,3-7,11H2,1-2H3. The van der Waals surface area contributed by atoms with Gasteiger partial charge < -0.3 is 11.1 Å². The molecule has 0 saturated carbocycles. The zero-order valence-corrected chi connectivity index (χ0v) is 8.34. The third-order valence-electron chi connectivity index (χ3n) is 2.92. The van der Waals surface area contributed by atoms with Crippen LogP contribution in [0.3, 0.4) is 0 Å². The molecule has 0 aliphatic carbocycles. The van der Waals surface area contributed by atoms with E-state index in [1.54, 1.807) is 0 Å². The lowest BCUT2D eigenvalue weighted by atomic mass is 9.87. The largest absolute Gasteiger partial charge is 0.327 e. The van der Waals surface area contributed by atoms with Gasteiger partial charge in [-0.15, -0.1) is 0 Å². The maximum absolute atomic E-state index is 6.03. The van der Waals surface area contributed by atoms with Crippen LogP contribution in [-0.2, 0) is 0 Å². The Hall–Kier alpha value is -0.0800. The van der Waals surface area contributed by atoms with Gasteiger partial charge in [0.05, 0.1) is 0 Å². The van der Waals surface area contributed by atoms with E-state index in [1.807, 2.05) is 0 Å². The van der Waals surface area contributed by atoms with Gasteiger partial charge >= 0.3 is 0 Å². The Morgan fingerprint density at radius 1 is 1.33 bits per heavy atom. The normalized spacial score (nSPS) is 23.0. The molecule has 2 heteroatoms. The number of piperidine rings is 1. The van der Waals surface area contributed by atoms with Crippen molar-refractivity contribution in [2.75, 3.05) is 13.1 Å². The van der Waals surface area contributed by atoms with Crippen molar-refractivity contribution in [2.45, 2.75) is 39.2 Å². The molecule has 0 spiro atoms. The highest BCUT2D eigenvalue weighted by Gasteiger charge is 2.17. The van der Waals surface area contributed by atoms with Gasteiger partial charge in [-0.3, -0.25) is 0 Å². The topological polar surface area (TPSA) is 38.0 Å².